The first kappa shape index (κ1) is 14.1. The molecular weight excluding hydrogens is 252 g/mol. The molecule has 0 bridgehead atoms. The Balaban J connectivity index is 2.12. The molecule has 1 aliphatic heterocycles. The summed E-state index contributed by atoms with van der Waals surface area (Å²) in [7, 11) is -0.758. The van der Waals surface area contributed by atoms with Crippen molar-refractivity contribution in [1.29, 1.82) is 0 Å². The largest absolute Gasteiger partial charge is 0.541 e. The van der Waals surface area contributed by atoms with Gasteiger partial charge in [-0.2, -0.15) is 0 Å². The summed E-state index contributed by atoms with van der Waals surface area (Å²) < 4.78 is 5.93. The van der Waals surface area contributed by atoms with Gasteiger partial charge >= 0.3 is 0 Å². The van der Waals surface area contributed by atoms with E-state index in [0.717, 1.165) is 30.4 Å². The molecule has 0 N–H and O–H groups in total. The average Bonchev–Trinajstić information content (AvgIpc) is 2.73. The van der Waals surface area contributed by atoms with E-state index in [1.807, 2.05) is 12.4 Å². The molecule has 19 heavy (non-hydrogen) atoms. The van der Waals surface area contributed by atoms with E-state index in [2.05, 4.69) is 49.0 Å². The van der Waals surface area contributed by atoms with Crippen molar-refractivity contribution in [1.82, 2.24) is 4.90 Å². The minimum Gasteiger partial charge on any atom is -0.541 e. The van der Waals surface area contributed by atoms with Crippen LogP contribution in [0.1, 0.15) is 18.9 Å². The Morgan fingerprint density at radius 2 is 2.21 bits per heavy atom. The normalized spacial score (nSPS) is 19.6. The monoisotopic (exact) mass is 275 g/mol. The van der Waals surface area contributed by atoms with Crippen LogP contribution in [0, 0.1) is 12.8 Å². The van der Waals surface area contributed by atoms with Gasteiger partial charge in [-0.05, 0) is 50.1 Å². The molecule has 1 aliphatic rings. The third-order valence-corrected chi connectivity index (χ3v) is 3.87. The van der Waals surface area contributed by atoms with Gasteiger partial charge in [-0.1, -0.05) is 13.0 Å². The van der Waals surface area contributed by atoms with E-state index >= 15 is 0 Å². The molecule has 0 aliphatic carbocycles. The molecule has 4 heteroatoms. The summed E-state index contributed by atoms with van der Waals surface area (Å²) in [4.78, 5) is 6.90. The second-order valence-corrected chi connectivity index (χ2v) is 7.64. The van der Waals surface area contributed by atoms with Crippen molar-refractivity contribution in [3.63, 3.8) is 0 Å². The molecule has 3 nitrogen and oxygen atoms in total. The highest BCUT2D eigenvalue weighted by atomic mass is 28.3. The Morgan fingerprint density at radius 1 is 1.42 bits per heavy atom. The molecule has 1 aromatic carbocycles. The topological polar surface area (TPSA) is 24.8 Å². The fourth-order valence-corrected chi connectivity index (χ4v) is 2.85. The van der Waals surface area contributed by atoms with Crippen LogP contribution in [0.25, 0.3) is 0 Å². The Hall–Kier alpha value is -1.29. The SMILES string of the molecule is Cc1ccc(N=CN2CCC(C)C2)c(O[Si](C)C)c1. The van der Waals surface area contributed by atoms with Gasteiger partial charge in [0.1, 0.15) is 11.4 Å². The Labute approximate surface area is 118 Å². The molecule has 0 spiro atoms. The van der Waals surface area contributed by atoms with Gasteiger partial charge in [0.05, 0.1) is 6.34 Å². The third kappa shape index (κ3) is 4.09. The zero-order valence-electron chi connectivity index (χ0n) is 12.3. The first-order valence-corrected chi connectivity index (χ1v) is 9.32. The summed E-state index contributed by atoms with van der Waals surface area (Å²) in [5.74, 6) is 1.70. The van der Waals surface area contributed by atoms with Crippen molar-refractivity contribution in [3.8, 4) is 5.75 Å². The summed E-state index contributed by atoms with van der Waals surface area (Å²) in [5.41, 5.74) is 2.16. The Bertz CT molecular complexity index is 459. The number of hydrogen-bond donors (Lipinski definition) is 0. The second kappa shape index (κ2) is 6.24. The van der Waals surface area contributed by atoms with E-state index in [-0.39, 0.29) is 0 Å². The van der Waals surface area contributed by atoms with Crippen LogP contribution < -0.4 is 4.43 Å². The molecule has 1 atom stereocenters. The first-order chi connectivity index (χ1) is 9.04. The maximum atomic E-state index is 5.93. The lowest BCUT2D eigenvalue weighted by Gasteiger charge is -2.14. The molecule has 1 fully saturated rings. The number of rotatable bonds is 4. The van der Waals surface area contributed by atoms with Crippen LogP contribution in [0.15, 0.2) is 23.2 Å². The standard InChI is InChI=1S/C15H23N2OSi/c1-12-5-6-14(15(9-12)18-19(3)4)16-11-17-8-7-13(2)10-17/h5-6,9,11,13H,7-8,10H2,1-4H3. The molecule has 0 amide bonds. The highest BCUT2D eigenvalue weighted by Gasteiger charge is 2.15. The lowest BCUT2D eigenvalue weighted by Crippen LogP contribution is -2.17. The van der Waals surface area contributed by atoms with Crippen molar-refractivity contribution in [2.24, 2.45) is 10.9 Å². The molecule has 1 unspecified atom stereocenters. The summed E-state index contributed by atoms with van der Waals surface area (Å²) in [6.07, 6.45) is 3.24. The van der Waals surface area contributed by atoms with E-state index in [1.54, 1.807) is 0 Å². The van der Waals surface area contributed by atoms with Gasteiger partial charge in [-0.25, -0.2) is 4.99 Å². The van der Waals surface area contributed by atoms with Crippen molar-refractivity contribution in [2.75, 3.05) is 13.1 Å². The Kier molecular flexibility index (Phi) is 4.64. The second-order valence-electron chi connectivity index (χ2n) is 5.61. The molecular formula is C15H23N2OSi. The Morgan fingerprint density at radius 3 is 2.84 bits per heavy atom. The maximum absolute atomic E-state index is 5.93. The number of aryl methyl sites for hydroxylation is 1. The smallest absolute Gasteiger partial charge is 0.274 e. The molecule has 0 aromatic heterocycles. The van der Waals surface area contributed by atoms with E-state index in [0.29, 0.717) is 0 Å². The fourth-order valence-electron chi connectivity index (χ4n) is 2.25. The van der Waals surface area contributed by atoms with Crippen molar-refractivity contribution in [3.05, 3.63) is 23.8 Å². The summed E-state index contributed by atoms with van der Waals surface area (Å²) >= 11 is 0. The van der Waals surface area contributed by atoms with Gasteiger partial charge in [0.15, 0.2) is 0 Å². The predicted molar refractivity (Wildman–Crippen MR) is 82.8 cm³/mol. The van der Waals surface area contributed by atoms with Crippen LogP contribution in [0.5, 0.6) is 5.75 Å². The van der Waals surface area contributed by atoms with Crippen LogP contribution in [-0.4, -0.2) is 33.4 Å². The maximum Gasteiger partial charge on any atom is 0.274 e. The molecule has 103 valence electrons. The molecule has 1 saturated heterocycles. The lowest BCUT2D eigenvalue weighted by molar-refractivity contribution is 0.507. The lowest BCUT2D eigenvalue weighted by atomic mass is 10.2. The van der Waals surface area contributed by atoms with Crippen molar-refractivity contribution in [2.45, 2.75) is 33.4 Å². The third-order valence-electron chi connectivity index (χ3n) is 3.24. The minimum atomic E-state index is -0.758. The van der Waals surface area contributed by atoms with E-state index in [1.165, 1.54) is 12.0 Å². The average molecular weight is 275 g/mol. The van der Waals surface area contributed by atoms with E-state index < -0.39 is 9.04 Å². The zero-order valence-corrected chi connectivity index (χ0v) is 13.3. The summed E-state index contributed by atoms with van der Waals surface area (Å²) in [6, 6.07) is 6.21. The van der Waals surface area contributed by atoms with Crippen LogP contribution in [0.2, 0.25) is 13.1 Å². The number of nitrogens with zero attached hydrogens (tertiary/aromatic N) is 2. The van der Waals surface area contributed by atoms with Gasteiger partial charge in [-0.15, -0.1) is 0 Å². The predicted octanol–water partition coefficient (Wildman–Crippen LogP) is 3.63. The highest BCUT2D eigenvalue weighted by Crippen LogP contribution is 2.29. The first-order valence-electron chi connectivity index (χ1n) is 6.91. The molecule has 0 saturated carbocycles. The quantitative estimate of drug-likeness (QED) is 0.476. The van der Waals surface area contributed by atoms with E-state index in [4.69, 9.17) is 4.43 Å². The van der Waals surface area contributed by atoms with Gasteiger partial charge < -0.3 is 9.33 Å². The summed E-state index contributed by atoms with van der Waals surface area (Å²) in [5, 5.41) is 0. The van der Waals surface area contributed by atoms with Crippen LogP contribution >= 0.6 is 0 Å². The molecule has 1 radical (unpaired) electrons. The number of hydrogen-bond acceptors (Lipinski definition) is 2. The molecule has 2 rings (SSSR count). The highest BCUT2D eigenvalue weighted by molar-refractivity contribution is 6.49. The van der Waals surface area contributed by atoms with Gasteiger partial charge in [0, 0.05) is 13.1 Å². The number of benzene rings is 1. The minimum absolute atomic E-state index is 0.758. The fraction of sp³-hybridized carbons (Fsp3) is 0.533. The van der Waals surface area contributed by atoms with Crippen molar-refractivity contribution < 1.29 is 4.43 Å². The van der Waals surface area contributed by atoms with Crippen molar-refractivity contribution >= 4 is 21.1 Å². The molecule has 1 aromatic rings. The van der Waals surface area contributed by atoms with Crippen LogP contribution in [0.3, 0.4) is 0 Å². The number of aliphatic imine (C=N–C) groups is 1. The summed E-state index contributed by atoms with van der Waals surface area (Å²) in [6.45, 7) is 10.9. The number of likely N-dealkylation sites (tertiary alicyclic amines) is 1. The zero-order chi connectivity index (χ0) is 13.8. The van der Waals surface area contributed by atoms with E-state index in [9.17, 15) is 0 Å². The van der Waals surface area contributed by atoms with Gasteiger partial charge in [0.2, 0.25) is 0 Å². The molecule has 1 heterocycles. The van der Waals surface area contributed by atoms with Gasteiger partial charge in [-0.3, -0.25) is 0 Å². The van der Waals surface area contributed by atoms with Crippen LogP contribution in [-0.2, 0) is 0 Å². The van der Waals surface area contributed by atoms with Crippen LogP contribution in [0.4, 0.5) is 5.69 Å². The van der Waals surface area contributed by atoms with Gasteiger partial charge in [0.25, 0.3) is 9.04 Å².